The number of aliphatic hydroxyl groups excluding tert-OH is 1. The monoisotopic (exact) mass is 238 g/mol. The number of ether oxygens (including phenoxy) is 1. The van der Waals surface area contributed by atoms with E-state index < -0.39 is 17.5 Å². The van der Waals surface area contributed by atoms with Gasteiger partial charge in [0.1, 0.15) is 0 Å². The Morgan fingerprint density at radius 3 is 2.65 bits per heavy atom. The average molecular weight is 238 g/mol. The van der Waals surface area contributed by atoms with Gasteiger partial charge in [-0.1, -0.05) is 38.1 Å². The largest absolute Gasteiger partial charge is 0.479 e. The lowest BCUT2D eigenvalue weighted by Crippen LogP contribution is -2.39. The summed E-state index contributed by atoms with van der Waals surface area (Å²) in [5.74, 6) is -1.22. The number of benzene rings is 1. The van der Waals surface area contributed by atoms with E-state index in [9.17, 15) is 9.90 Å². The van der Waals surface area contributed by atoms with Crippen LogP contribution in [-0.4, -0.2) is 29.4 Å². The van der Waals surface area contributed by atoms with Gasteiger partial charge in [-0.25, -0.2) is 4.79 Å². The number of aliphatic hydroxyl groups is 1. The lowest BCUT2D eigenvalue weighted by molar-refractivity contribution is -0.150. The molecule has 0 aliphatic heterocycles. The molecule has 94 valence electrons. The molecule has 0 spiro atoms. The zero-order chi connectivity index (χ0) is 13.1. The molecule has 0 saturated carbocycles. The van der Waals surface area contributed by atoms with Crippen LogP contribution in [0.5, 0.6) is 0 Å². The van der Waals surface area contributed by atoms with E-state index in [1.807, 2.05) is 24.3 Å². The molecular weight excluding hydrogens is 220 g/mol. The third-order valence-electron chi connectivity index (χ3n) is 2.90. The number of rotatable bonds is 5. The molecule has 17 heavy (non-hydrogen) atoms. The van der Waals surface area contributed by atoms with Crippen molar-refractivity contribution in [1.29, 1.82) is 0 Å². The second kappa shape index (κ2) is 5.29. The number of carboxylic acid groups (broad SMARTS) is 1. The highest BCUT2D eigenvalue weighted by Gasteiger charge is 2.35. The Bertz CT molecular complexity index is 398. The van der Waals surface area contributed by atoms with Gasteiger partial charge in [0.2, 0.25) is 0 Å². The fourth-order valence-corrected chi connectivity index (χ4v) is 1.70. The summed E-state index contributed by atoms with van der Waals surface area (Å²) >= 11 is 0. The summed E-state index contributed by atoms with van der Waals surface area (Å²) in [7, 11) is 1.60. The summed E-state index contributed by atoms with van der Waals surface area (Å²) in [5.41, 5.74) is 0.896. The molecule has 0 bridgehead atoms. The summed E-state index contributed by atoms with van der Waals surface area (Å²) in [6.45, 7) is 3.88. The first-order valence-electron chi connectivity index (χ1n) is 5.39. The van der Waals surface area contributed by atoms with Gasteiger partial charge in [-0.2, -0.15) is 0 Å². The second-order valence-electron chi connectivity index (χ2n) is 4.60. The highest BCUT2D eigenvalue weighted by Crippen LogP contribution is 2.28. The Morgan fingerprint density at radius 2 is 2.12 bits per heavy atom. The average Bonchev–Trinajstić information content (AvgIpc) is 2.28. The van der Waals surface area contributed by atoms with Gasteiger partial charge in [0.15, 0.2) is 6.10 Å². The Kier molecular flexibility index (Phi) is 4.26. The maximum Gasteiger partial charge on any atom is 0.333 e. The number of aliphatic carboxylic acids is 1. The van der Waals surface area contributed by atoms with Crippen LogP contribution in [0.4, 0.5) is 0 Å². The van der Waals surface area contributed by atoms with Crippen LogP contribution in [0.2, 0.25) is 0 Å². The minimum Gasteiger partial charge on any atom is -0.479 e. The SMILES string of the molecule is COCc1cccc(C(C)(C)C(O)C(=O)O)c1. The second-order valence-corrected chi connectivity index (χ2v) is 4.60. The standard InChI is InChI=1S/C13H18O4/c1-13(2,11(14)12(15)16)10-6-4-5-9(7-10)8-17-3/h4-7,11,14H,8H2,1-3H3,(H,15,16). The minimum atomic E-state index is -1.43. The Balaban J connectivity index is 3.05. The highest BCUT2D eigenvalue weighted by molar-refractivity contribution is 5.74. The quantitative estimate of drug-likeness (QED) is 0.817. The molecule has 0 amide bonds. The molecule has 0 heterocycles. The van der Waals surface area contributed by atoms with Crippen molar-refractivity contribution in [2.75, 3.05) is 7.11 Å². The van der Waals surface area contributed by atoms with Crippen molar-refractivity contribution in [2.24, 2.45) is 0 Å². The summed E-state index contributed by atoms with van der Waals surface area (Å²) in [6.07, 6.45) is -1.43. The minimum absolute atomic E-state index is 0.465. The van der Waals surface area contributed by atoms with Crippen LogP contribution < -0.4 is 0 Å². The van der Waals surface area contributed by atoms with Gasteiger partial charge in [-0.3, -0.25) is 0 Å². The smallest absolute Gasteiger partial charge is 0.333 e. The Labute approximate surface area is 101 Å². The lowest BCUT2D eigenvalue weighted by atomic mass is 9.79. The Hall–Kier alpha value is -1.39. The van der Waals surface area contributed by atoms with Gasteiger partial charge < -0.3 is 14.9 Å². The molecule has 1 atom stereocenters. The van der Waals surface area contributed by atoms with E-state index in [0.717, 1.165) is 11.1 Å². The van der Waals surface area contributed by atoms with Crippen LogP contribution in [0.3, 0.4) is 0 Å². The van der Waals surface area contributed by atoms with Crippen molar-refractivity contribution in [3.8, 4) is 0 Å². The molecule has 1 aromatic rings. The van der Waals surface area contributed by atoms with Gasteiger partial charge in [-0.15, -0.1) is 0 Å². The predicted molar refractivity (Wildman–Crippen MR) is 63.8 cm³/mol. The summed E-state index contributed by atoms with van der Waals surface area (Å²) in [6, 6.07) is 7.40. The zero-order valence-electron chi connectivity index (χ0n) is 10.3. The van der Waals surface area contributed by atoms with Crippen molar-refractivity contribution >= 4 is 5.97 Å². The number of hydrogen-bond donors (Lipinski definition) is 2. The normalized spacial score (nSPS) is 13.4. The van der Waals surface area contributed by atoms with Gasteiger partial charge >= 0.3 is 5.97 Å². The summed E-state index contributed by atoms with van der Waals surface area (Å²) in [5, 5.41) is 18.6. The third-order valence-corrected chi connectivity index (χ3v) is 2.90. The number of methoxy groups -OCH3 is 1. The molecule has 1 rings (SSSR count). The van der Waals surface area contributed by atoms with Gasteiger partial charge in [0.25, 0.3) is 0 Å². The fourth-order valence-electron chi connectivity index (χ4n) is 1.70. The predicted octanol–water partition coefficient (Wildman–Crippen LogP) is 1.56. The third kappa shape index (κ3) is 3.05. The summed E-state index contributed by atoms with van der Waals surface area (Å²) in [4.78, 5) is 10.9. The van der Waals surface area contributed by atoms with E-state index in [2.05, 4.69) is 0 Å². The van der Waals surface area contributed by atoms with Crippen molar-refractivity contribution in [3.63, 3.8) is 0 Å². The van der Waals surface area contributed by atoms with E-state index in [0.29, 0.717) is 6.61 Å². The molecular formula is C13H18O4. The molecule has 2 N–H and O–H groups in total. The van der Waals surface area contributed by atoms with Crippen molar-refractivity contribution < 1.29 is 19.7 Å². The van der Waals surface area contributed by atoms with E-state index in [4.69, 9.17) is 9.84 Å². The van der Waals surface area contributed by atoms with Crippen LogP contribution >= 0.6 is 0 Å². The van der Waals surface area contributed by atoms with Crippen molar-refractivity contribution in [1.82, 2.24) is 0 Å². The lowest BCUT2D eigenvalue weighted by Gasteiger charge is -2.28. The molecule has 0 aliphatic carbocycles. The fraction of sp³-hybridized carbons (Fsp3) is 0.462. The first-order chi connectivity index (χ1) is 7.89. The maximum absolute atomic E-state index is 10.9. The first-order valence-corrected chi connectivity index (χ1v) is 5.39. The first kappa shape index (κ1) is 13.7. The van der Waals surface area contributed by atoms with Crippen LogP contribution in [-0.2, 0) is 21.6 Å². The molecule has 0 aliphatic rings. The number of carboxylic acids is 1. The molecule has 0 aromatic heterocycles. The molecule has 4 nitrogen and oxygen atoms in total. The number of hydrogen-bond acceptors (Lipinski definition) is 3. The Morgan fingerprint density at radius 1 is 1.47 bits per heavy atom. The van der Waals surface area contributed by atoms with E-state index in [1.165, 1.54) is 0 Å². The van der Waals surface area contributed by atoms with Crippen LogP contribution in [0.25, 0.3) is 0 Å². The summed E-state index contributed by atoms with van der Waals surface area (Å²) < 4.78 is 5.02. The van der Waals surface area contributed by atoms with Crippen LogP contribution in [0.1, 0.15) is 25.0 Å². The van der Waals surface area contributed by atoms with Gasteiger partial charge in [0, 0.05) is 12.5 Å². The van der Waals surface area contributed by atoms with Gasteiger partial charge in [0.05, 0.1) is 6.61 Å². The van der Waals surface area contributed by atoms with Crippen molar-refractivity contribution in [3.05, 3.63) is 35.4 Å². The topological polar surface area (TPSA) is 66.8 Å². The van der Waals surface area contributed by atoms with Crippen LogP contribution in [0.15, 0.2) is 24.3 Å². The molecule has 4 heteroatoms. The highest BCUT2D eigenvalue weighted by atomic mass is 16.5. The van der Waals surface area contributed by atoms with Gasteiger partial charge in [-0.05, 0) is 11.1 Å². The van der Waals surface area contributed by atoms with E-state index in [-0.39, 0.29) is 0 Å². The maximum atomic E-state index is 10.9. The van der Waals surface area contributed by atoms with Crippen LogP contribution in [0, 0.1) is 0 Å². The van der Waals surface area contributed by atoms with Crippen molar-refractivity contribution in [2.45, 2.75) is 32.0 Å². The number of carbonyl (C=O) groups is 1. The molecule has 1 aromatic carbocycles. The molecule has 0 fully saturated rings. The molecule has 1 unspecified atom stereocenters. The zero-order valence-corrected chi connectivity index (χ0v) is 10.3. The van der Waals surface area contributed by atoms with E-state index >= 15 is 0 Å². The van der Waals surface area contributed by atoms with E-state index in [1.54, 1.807) is 21.0 Å². The molecule has 0 saturated heterocycles. The molecule has 0 radical (unpaired) electrons.